The maximum Gasteiger partial charge on any atom is 0.0472 e. The molecule has 1 N–H and O–H groups in total. The fourth-order valence-corrected chi connectivity index (χ4v) is 2.65. The van der Waals surface area contributed by atoms with Crippen LogP contribution in [0.5, 0.6) is 0 Å². The summed E-state index contributed by atoms with van der Waals surface area (Å²) in [5.41, 5.74) is 4.66. The molecular weight excluding hydrogens is 246 g/mol. The number of aromatic nitrogens is 1. The van der Waals surface area contributed by atoms with Gasteiger partial charge in [0.1, 0.15) is 0 Å². The van der Waals surface area contributed by atoms with Gasteiger partial charge in [0, 0.05) is 24.6 Å². The molecule has 0 amide bonds. The van der Waals surface area contributed by atoms with Crippen molar-refractivity contribution in [3.63, 3.8) is 0 Å². The molecule has 0 aliphatic heterocycles. The van der Waals surface area contributed by atoms with E-state index in [0.717, 1.165) is 11.1 Å². The molecule has 2 aromatic carbocycles. The third-order valence-corrected chi connectivity index (χ3v) is 3.62. The molecular formula is C18H17NO. The summed E-state index contributed by atoms with van der Waals surface area (Å²) in [6.45, 7) is 2.28. The smallest absolute Gasteiger partial charge is 0.0472 e. The number of aryl methyl sites for hydroxylation is 1. The van der Waals surface area contributed by atoms with Gasteiger partial charge in [-0.05, 0) is 46.9 Å². The van der Waals surface area contributed by atoms with E-state index >= 15 is 0 Å². The number of aliphatic hydroxyl groups excluding tert-OH is 1. The van der Waals surface area contributed by atoms with Crippen LogP contribution >= 0.6 is 0 Å². The second kappa shape index (κ2) is 5.43. The van der Waals surface area contributed by atoms with Gasteiger partial charge in [-0.3, -0.25) is 4.98 Å². The van der Waals surface area contributed by atoms with Crippen molar-refractivity contribution in [3.8, 4) is 11.1 Å². The number of rotatable bonds is 3. The molecule has 0 atom stereocenters. The van der Waals surface area contributed by atoms with Crippen molar-refractivity contribution in [3.05, 3.63) is 66.0 Å². The molecule has 1 heterocycles. The highest BCUT2D eigenvalue weighted by Gasteiger charge is 2.08. The molecule has 0 aliphatic carbocycles. The summed E-state index contributed by atoms with van der Waals surface area (Å²) in [5, 5.41) is 11.6. The molecule has 2 nitrogen and oxygen atoms in total. The zero-order valence-corrected chi connectivity index (χ0v) is 11.5. The normalized spacial score (nSPS) is 10.9. The van der Waals surface area contributed by atoms with E-state index in [4.69, 9.17) is 5.11 Å². The summed E-state index contributed by atoms with van der Waals surface area (Å²) in [5.74, 6) is 0. The summed E-state index contributed by atoms with van der Waals surface area (Å²) in [4.78, 5) is 4.32. The Morgan fingerprint density at radius 2 is 1.90 bits per heavy atom. The number of pyridine rings is 1. The quantitative estimate of drug-likeness (QED) is 0.780. The second-order valence-electron chi connectivity index (χ2n) is 5.03. The van der Waals surface area contributed by atoms with Gasteiger partial charge in [0.2, 0.25) is 0 Å². The molecule has 2 heteroatoms. The predicted octanol–water partition coefficient (Wildman–Crippen LogP) is 3.75. The Morgan fingerprint density at radius 3 is 2.75 bits per heavy atom. The second-order valence-corrected chi connectivity index (χ2v) is 5.03. The molecule has 0 saturated heterocycles. The summed E-state index contributed by atoms with van der Waals surface area (Å²) in [6, 6.07) is 14.8. The van der Waals surface area contributed by atoms with Gasteiger partial charge in [-0.15, -0.1) is 0 Å². The SMILES string of the molecule is Cc1ccc2ccccc2c1-c1cncc(CCO)c1. The molecule has 0 aliphatic rings. The van der Waals surface area contributed by atoms with Gasteiger partial charge < -0.3 is 5.11 Å². The zero-order chi connectivity index (χ0) is 13.9. The molecule has 3 rings (SSSR count). The topological polar surface area (TPSA) is 33.1 Å². The molecule has 0 spiro atoms. The van der Waals surface area contributed by atoms with Crippen molar-refractivity contribution in [2.75, 3.05) is 6.61 Å². The standard InChI is InChI=1S/C18H17NO/c1-13-6-7-15-4-2-3-5-17(15)18(13)16-10-14(8-9-20)11-19-12-16/h2-7,10-12,20H,8-9H2,1H3. The van der Waals surface area contributed by atoms with Crippen LogP contribution in [0.4, 0.5) is 0 Å². The molecule has 0 radical (unpaired) electrons. The first kappa shape index (κ1) is 12.8. The van der Waals surface area contributed by atoms with Crippen LogP contribution in [-0.4, -0.2) is 16.7 Å². The van der Waals surface area contributed by atoms with E-state index in [-0.39, 0.29) is 6.61 Å². The average Bonchev–Trinajstić information content (AvgIpc) is 2.48. The van der Waals surface area contributed by atoms with Crippen molar-refractivity contribution in [2.45, 2.75) is 13.3 Å². The highest BCUT2D eigenvalue weighted by molar-refractivity contribution is 5.98. The van der Waals surface area contributed by atoms with E-state index in [9.17, 15) is 0 Å². The van der Waals surface area contributed by atoms with Gasteiger partial charge in [0.05, 0.1) is 0 Å². The molecule has 3 aromatic rings. The van der Waals surface area contributed by atoms with Crippen LogP contribution in [0.2, 0.25) is 0 Å². The lowest BCUT2D eigenvalue weighted by molar-refractivity contribution is 0.299. The summed E-state index contributed by atoms with van der Waals surface area (Å²) < 4.78 is 0. The summed E-state index contributed by atoms with van der Waals surface area (Å²) in [6.07, 6.45) is 4.36. The van der Waals surface area contributed by atoms with Crippen LogP contribution in [0.15, 0.2) is 54.9 Å². The van der Waals surface area contributed by atoms with Crippen molar-refractivity contribution in [1.29, 1.82) is 0 Å². The highest BCUT2D eigenvalue weighted by Crippen LogP contribution is 2.31. The Kier molecular flexibility index (Phi) is 3.48. The van der Waals surface area contributed by atoms with Crippen molar-refractivity contribution in [2.24, 2.45) is 0 Å². The fraction of sp³-hybridized carbons (Fsp3) is 0.167. The van der Waals surface area contributed by atoms with Crippen molar-refractivity contribution in [1.82, 2.24) is 4.98 Å². The molecule has 0 saturated carbocycles. The molecule has 0 bridgehead atoms. The first-order valence-corrected chi connectivity index (χ1v) is 6.83. The van der Waals surface area contributed by atoms with E-state index in [1.165, 1.54) is 21.9 Å². The minimum absolute atomic E-state index is 0.152. The third-order valence-electron chi connectivity index (χ3n) is 3.62. The van der Waals surface area contributed by atoms with Gasteiger partial charge in [-0.25, -0.2) is 0 Å². The minimum atomic E-state index is 0.152. The maximum atomic E-state index is 9.08. The van der Waals surface area contributed by atoms with E-state index in [1.54, 1.807) is 0 Å². The number of hydrogen-bond donors (Lipinski definition) is 1. The van der Waals surface area contributed by atoms with Crippen molar-refractivity contribution < 1.29 is 5.11 Å². The summed E-state index contributed by atoms with van der Waals surface area (Å²) in [7, 11) is 0. The number of hydrogen-bond acceptors (Lipinski definition) is 2. The Balaban J connectivity index is 2.23. The van der Waals surface area contributed by atoms with Gasteiger partial charge in [-0.1, -0.05) is 36.4 Å². The van der Waals surface area contributed by atoms with E-state index < -0.39 is 0 Å². The molecule has 20 heavy (non-hydrogen) atoms. The predicted molar refractivity (Wildman–Crippen MR) is 82.7 cm³/mol. The first-order valence-electron chi connectivity index (χ1n) is 6.83. The highest BCUT2D eigenvalue weighted by atomic mass is 16.2. The Bertz CT molecular complexity index is 749. The average molecular weight is 263 g/mol. The lowest BCUT2D eigenvalue weighted by Gasteiger charge is -2.11. The number of nitrogens with zero attached hydrogens (tertiary/aromatic N) is 1. The number of fused-ring (bicyclic) bond motifs is 1. The third kappa shape index (κ3) is 2.30. The first-order chi connectivity index (χ1) is 9.79. The van der Waals surface area contributed by atoms with E-state index in [1.807, 2.05) is 12.4 Å². The van der Waals surface area contributed by atoms with Crippen LogP contribution in [0.25, 0.3) is 21.9 Å². The largest absolute Gasteiger partial charge is 0.396 e. The summed E-state index contributed by atoms with van der Waals surface area (Å²) >= 11 is 0. The van der Waals surface area contributed by atoms with E-state index in [2.05, 4.69) is 54.4 Å². The van der Waals surface area contributed by atoms with Gasteiger partial charge in [-0.2, -0.15) is 0 Å². The Morgan fingerprint density at radius 1 is 1.05 bits per heavy atom. The monoisotopic (exact) mass is 263 g/mol. The van der Waals surface area contributed by atoms with Crippen LogP contribution in [0.3, 0.4) is 0 Å². The van der Waals surface area contributed by atoms with Gasteiger partial charge >= 0.3 is 0 Å². The van der Waals surface area contributed by atoms with Crippen LogP contribution in [0.1, 0.15) is 11.1 Å². The maximum absolute atomic E-state index is 9.08. The lowest BCUT2D eigenvalue weighted by atomic mass is 9.94. The van der Waals surface area contributed by atoms with Crippen molar-refractivity contribution >= 4 is 10.8 Å². The lowest BCUT2D eigenvalue weighted by Crippen LogP contribution is -1.94. The molecule has 100 valence electrons. The van der Waals surface area contributed by atoms with Gasteiger partial charge in [0.15, 0.2) is 0 Å². The van der Waals surface area contributed by atoms with Crippen LogP contribution < -0.4 is 0 Å². The minimum Gasteiger partial charge on any atom is -0.396 e. The molecule has 0 fully saturated rings. The number of aliphatic hydroxyl groups is 1. The Labute approximate surface area is 118 Å². The zero-order valence-electron chi connectivity index (χ0n) is 11.5. The van der Waals surface area contributed by atoms with E-state index in [0.29, 0.717) is 6.42 Å². The molecule has 0 unspecified atom stereocenters. The van der Waals surface area contributed by atoms with Crippen LogP contribution in [-0.2, 0) is 6.42 Å². The van der Waals surface area contributed by atoms with Gasteiger partial charge in [0.25, 0.3) is 0 Å². The van der Waals surface area contributed by atoms with Crippen LogP contribution in [0, 0.1) is 6.92 Å². The number of benzene rings is 2. The fourth-order valence-electron chi connectivity index (χ4n) is 2.65. The Hall–Kier alpha value is -2.19. The molecule has 1 aromatic heterocycles.